The minimum Gasteiger partial charge on any atom is -0.454 e. The average Bonchev–Trinajstić information content (AvgIpc) is 3.04. The lowest BCUT2D eigenvalue weighted by Gasteiger charge is -2.11. The quantitative estimate of drug-likeness (QED) is 0.886. The van der Waals surface area contributed by atoms with E-state index in [1.807, 2.05) is 18.2 Å². The van der Waals surface area contributed by atoms with E-state index in [4.69, 9.17) is 14.2 Å². The van der Waals surface area contributed by atoms with E-state index in [1.54, 1.807) is 6.92 Å². The fourth-order valence-electron chi connectivity index (χ4n) is 2.38. The van der Waals surface area contributed by atoms with Crippen LogP contribution in [-0.4, -0.2) is 31.3 Å². The van der Waals surface area contributed by atoms with Crippen molar-refractivity contribution in [1.82, 2.24) is 5.32 Å². The number of hydrogen-bond donors (Lipinski definition) is 1. The SMILES string of the molecule is CC(=O)[C@H]1C[C@@H](OCc2ccc3c(c2)OCO3)CN1. The van der Waals surface area contributed by atoms with Gasteiger partial charge in [-0.15, -0.1) is 0 Å². The standard InChI is InChI=1S/C14H17NO4/c1-9(16)12-5-11(6-15-12)17-7-10-2-3-13-14(4-10)19-8-18-13/h2-4,11-12,15H,5-8H2,1H3/t11-,12-/m1/s1. The Balaban J connectivity index is 1.54. The van der Waals surface area contributed by atoms with Gasteiger partial charge in [-0.1, -0.05) is 6.07 Å². The molecule has 2 heterocycles. The maximum atomic E-state index is 11.2. The van der Waals surface area contributed by atoms with Crippen molar-refractivity contribution >= 4 is 5.78 Å². The van der Waals surface area contributed by atoms with E-state index in [1.165, 1.54) is 0 Å². The Bertz CT molecular complexity index is 488. The Morgan fingerprint density at radius 2 is 2.26 bits per heavy atom. The molecule has 0 aromatic heterocycles. The van der Waals surface area contributed by atoms with Gasteiger partial charge >= 0.3 is 0 Å². The first-order valence-electron chi connectivity index (χ1n) is 6.46. The van der Waals surface area contributed by atoms with E-state index >= 15 is 0 Å². The van der Waals surface area contributed by atoms with Crippen molar-refractivity contribution < 1.29 is 19.0 Å². The molecule has 1 aromatic carbocycles. The Morgan fingerprint density at radius 1 is 1.42 bits per heavy atom. The minimum atomic E-state index is -0.0539. The molecule has 0 spiro atoms. The molecule has 5 nitrogen and oxygen atoms in total. The number of ether oxygens (including phenoxy) is 3. The van der Waals surface area contributed by atoms with Gasteiger partial charge < -0.3 is 19.5 Å². The minimum absolute atomic E-state index is 0.0539. The monoisotopic (exact) mass is 263 g/mol. The molecular weight excluding hydrogens is 246 g/mol. The summed E-state index contributed by atoms with van der Waals surface area (Å²) < 4.78 is 16.4. The highest BCUT2D eigenvalue weighted by molar-refractivity contribution is 5.81. The molecule has 0 radical (unpaired) electrons. The van der Waals surface area contributed by atoms with Gasteiger partial charge in [-0.05, 0) is 31.0 Å². The van der Waals surface area contributed by atoms with Crippen molar-refractivity contribution in [3.8, 4) is 11.5 Å². The molecular formula is C14H17NO4. The van der Waals surface area contributed by atoms with Crippen LogP contribution in [0.3, 0.4) is 0 Å². The normalized spacial score (nSPS) is 24.7. The van der Waals surface area contributed by atoms with Gasteiger partial charge in [0.25, 0.3) is 0 Å². The van der Waals surface area contributed by atoms with Crippen molar-refractivity contribution in [2.75, 3.05) is 13.3 Å². The van der Waals surface area contributed by atoms with Gasteiger partial charge in [-0.2, -0.15) is 0 Å². The van der Waals surface area contributed by atoms with Crippen LogP contribution in [0.2, 0.25) is 0 Å². The van der Waals surface area contributed by atoms with Gasteiger partial charge in [0.05, 0.1) is 18.8 Å². The molecule has 1 fully saturated rings. The third-order valence-corrected chi connectivity index (χ3v) is 3.50. The van der Waals surface area contributed by atoms with Crippen LogP contribution in [0.5, 0.6) is 11.5 Å². The predicted molar refractivity (Wildman–Crippen MR) is 68.2 cm³/mol. The van der Waals surface area contributed by atoms with Crippen LogP contribution in [0.1, 0.15) is 18.9 Å². The van der Waals surface area contributed by atoms with Crippen LogP contribution in [-0.2, 0) is 16.1 Å². The summed E-state index contributed by atoms with van der Waals surface area (Å²) >= 11 is 0. The third-order valence-electron chi connectivity index (χ3n) is 3.50. The van der Waals surface area contributed by atoms with Crippen molar-refractivity contribution in [2.45, 2.75) is 32.1 Å². The van der Waals surface area contributed by atoms with Gasteiger partial charge in [-0.3, -0.25) is 4.79 Å². The second-order valence-corrected chi connectivity index (χ2v) is 4.93. The molecule has 102 valence electrons. The summed E-state index contributed by atoms with van der Waals surface area (Å²) in [5.41, 5.74) is 1.05. The summed E-state index contributed by atoms with van der Waals surface area (Å²) in [7, 11) is 0. The third kappa shape index (κ3) is 2.72. The number of nitrogens with one attached hydrogen (secondary N) is 1. The van der Waals surface area contributed by atoms with Crippen molar-refractivity contribution in [3.63, 3.8) is 0 Å². The molecule has 5 heteroatoms. The Kier molecular flexibility index (Phi) is 3.40. The van der Waals surface area contributed by atoms with E-state index < -0.39 is 0 Å². The molecule has 1 saturated heterocycles. The molecule has 3 rings (SSSR count). The molecule has 2 aliphatic heterocycles. The highest BCUT2D eigenvalue weighted by atomic mass is 16.7. The maximum Gasteiger partial charge on any atom is 0.231 e. The average molecular weight is 263 g/mol. The maximum absolute atomic E-state index is 11.2. The van der Waals surface area contributed by atoms with Gasteiger partial charge in [-0.25, -0.2) is 0 Å². The Labute approximate surface area is 111 Å². The number of rotatable bonds is 4. The van der Waals surface area contributed by atoms with Crippen molar-refractivity contribution in [1.29, 1.82) is 0 Å². The summed E-state index contributed by atoms with van der Waals surface area (Å²) in [5.74, 6) is 1.73. The number of ketones is 1. The smallest absolute Gasteiger partial charge is 0.231 e. The largest absolute Gasteiger partial charge is 0.454 e. The summed E-state index contributed by atoms with van der Waals surface area (Å²) in [6.45, 7) is 3.15. The van der Waals surface area contributed by atoms with Gasteiger partial charge in [0.15, 0.2) is 11.5 Å². The highest BCUT2D eigenvalue weighted by Gasteiger charge is 2.27. The summed E-state index contributed by atoms with van der Waals surface area (Å²) in [4.78, 5) is 11.2. The summed E-state index contributed by atoms with van der Waals surface area (Å²) in [5, 5.41) is 3.16. The molecule has 1 N–H and O–H groups in total. The number of carbonyl (C=O) groups excluding carboxylic acids is 1. The van der Waals surface area contributed by atoms with Crippen molar-refractivity contribution in [2.24, 2.45) is 0 Å². The first-order valence-corrected chi connectivity index (χ1v) is 6.46. The lowest BCUT2D eigenvalue weighted by atomic mass is 10.1. The van der Waals surface area contributed by atoms with E-state index in [-0.39, 0.29) is 24.7 Å². The number of hydrogen-bond acceptors (Lipinski definition) is 5. The molecule has 0 unspecified atom stereocenters. The second kappa shape index (κ2) is 5.19. The zero-order chi connectivity index (χ0) is 13.2. The molecule has 0 aliphatic carbocycles. The number of carbonyl (C=O) groups is 1. The van der Waals surface area contributed by atoms with Crippen LogP contribution in [0.15, 0.2) is 18.2 Å². The predicted octanol–water partition coefficient (Wildman–Crippen LogP) is 1.25. The second-order valence-electron chi connectivity index (χ2n) is 4.93. The topological polar surface area (TPSA) is 56.8 Å². The van der Waals surface area contributed by atoms with E-state index in [0.29, 0.717) is 6.61 Å². The lowest BCUT2D eigenvalue weighted by molar-refractivity contribution is -0.118. The summed E-state index contributed by atoms with van der Waals surface area (Å²) in [6.07, 6.45) is 0.846. The van der Waals surface area contributed by atoms with Crippen LogP contribution < -0.4 is 14.8 Å². The van der Waals surface area contributed by atoms with Gasteiger partial charge in [0.1, 0.15) is 5.78 Å². The van der Waals surface area contributed by atoms with E-state index in [2.05, 4.69) is 5.32 Å². The molecule has 19 heavy (non-hydrogen) atoms. The van der Waals surface area contributed by atoms with Gasteiger partial charge in [0, 0.05) is 6.54 Å². The molecule has 2 atom stereocenters. The fourth-order valence-corrected chi connectivity index (χ4v) is 2.38. The number of Topliss-reactive ketones (excluding diaryl/α,β-unsaturated/α-hetero) is 1. The van der Waals surface area contributed by atoms with Crippen LogP contribution in [0.25, 0.3) is 0 Å². The molecule has 1 aromatic rings. The molecule has 0 amide bonds. The van der Waals surface area contributed by atoms with Crippen LogP contribution in [0, 0.1) is 0 Å². The summed E-state index contributed by atoms with van der Waals surface area (Å²) in [6, 6.07) is 5.75. The zero-order valence-corrected chi connectivity index (χ0v) is 10.8. The van der Waals surface area contributed by atoms with Crippen LogP contribution >= 0.6 is 0 Å². The molecule has 2 aliphatic rings. The van der Waals surface area contributed by atoms with Gasteiger partial charge in [0.2, 0.25) is 6.79 Å². The number of benzene rings is 1. The Hall–Kier alpha value is -1.59. The zero-order valence-electron chi connectivity index (χ0n) is 10.8. The fraction of sp³-hybridized carbons (Fsp3) is 0.500. The lowest BCUT2D eigenvalue weighted by Crippen LogP contribution is -2.28. The number of fused-ring (bicyclic) bond motifs is 1. The Morgan fingerprint density at radius 3 is 3.05 bits per heavy atom. The first-order chi connectivity index (χ1) is 9.22. The molecule has 0 bridgehead atoms. The van der Waals surface area contributed by atoms with Crippen molar-refractivity contribution in [3.05, 3.63) is 23.8 Å². The highest BCUT2D eigenvalue weighted by Crippen LogP contribution is 2.32. The molecule has 0 saturated carbocycles. The first kappa shape index (κ1) is 12.4. The van der Waals surface area contributed by atoms with Crippen LogP contribution in [0.4, 0.5) is 0 Å². The van der Waals surface area contributed by atoms with E-state index in [0.717, 1.165) is 30.0 Å². The van der Waals surface area contributed by atoms with E-state index in [9.17, 15) is 4.79 Å².